The minimum atomic E-state index is -0.980. The van der Waals surface area contributed by atoms with Gasteiger partial charge in [0.05, 0.1) is 6.33 Å². The normalized spacial score (nSPS) is 15.8. The Labute approximate surface area is 105 Å². The maximum absolute atomic E-state index is 12.3. The van der Waals surface area contributed by atoms with E-state index in [-0.39, 0.29) is 18.5 Å². The molecule has 0 aromatic carbocycles. The lowest BCUT2D eigenvalue weighted by Gasteiger charge is -2.26. The second kappa shape index (κ2) is 5.20. The molecule has 0 unspecified atom stereocenters. The molecular formula is C12H17N3O3. The van der Waals surface area contributed by atoms with Crippen molar-refractivity contribution < 1.29 is 14.7 Å². The third-order valence-electron chi connectivity index (χ3n) is 3.26. The van der Waals surface area contributed by atoms with Crippen LogP contribution in [0.5, 0.6) is 0 Å². The number of hydrogen-bond donors (Lipinski definition) is 1. The van der Waals surface area contributed by atoms with Crippen molar-refractivity contribution in [3.63, 3.8) is 0 Å². The number of hydrogen-bond acceptors (Lipinski definition) is 3. The summed E-state index contributed by atoms with van der Waals surface area (Å²) in [7, 11) is 1.78. The van der Waals surface area contributed by atoms with E-state index < -0.39 is 5.97 Å². The summed E-state index contributed by atoms with van der Waals surface area (Å²) in [5.41, 5.74) is 0.311. The van der Waals surface area contributed by atoms with E-state index in [4.69, 9.17) is 5.11 Å². The molecule has 1 aromatic rings. The number of amides is 1. The predicted octanol–water partition coefficient (Wildman–Crippen LogP) is 0.889. The summed E-state index contributed by atoms with van der Waals surface area (Å²) in [5, 5.41) is 8.93. The van der Waals surface area contributed by atoms with Crippen LogP contribution in [0.25, 0.3) is 0 Å². The zero-order valence-corrected chi connectivity index (χ0v) is 10.4. The molecule has 1 heterocycles. The van der Waals surface area contributed by atoms with Crippen molar-refractivity contribution in [3.05, 3.63) is 18.2 Å². The molecule has 0 radical (unpaired) electrons. The Morgan fingerprint density at radius 3 is 2.67 bits per heavy atom. The molecule has 1 N–H and O–H groups in total. The topological polar surface area (TPSA) is 75.4 Å². The van der Waals surface area contributed by atoms with Gasteiger partial charge in [0.2, 0.25) is 0 Å². The van der Waals surface area contributed by atoms with Crippen LogP contribution >= 0.6 is 0 Å². The van der Waals surface area contributed by atoms with Crippen LogP contribution < -0.4 is 0 Å². The van der Waals surface area contributed by atoms with Crippen molar-refractivity contribution >= 4 is 11.9 Å². The highest BCUT2D eigenvalue weighted by molar-refractivity contribution is 5.94. The quantitative estimate of drug-likeness (QED) is 0.862. The zero-order valence-electron chi connectivity index (χ0n) is 10.4. The molecule has 1 fully saturated rings. The molecule has 0 saturated heterocycles. The lowest BCUT2D eigenvalue weighted by Crippen LogP contribution is -2.42. The Morgan fingerprint density at radius 1 is 1.50 bits per heavy atom. The number of rotatable bonds is 4. The molecule has 0 spiro atoms. The predicted molar refractivity (Wildman–Crippen MR) is 64.1 cm³/mol. The molecule has 18 heavy (non-hydrogen) atoms. The third kappa shape index (κ3) is 2.69. The first-order valence-electron chi connectivity index (χ1n) is 6.08. The molecule has 2 rings (SSSR count). The van der Waals surface area contributed by atoms with Crippen LogP contribution in [0.15, 0.2) is 12.5 Å². The highest BCUT2D eigenvalue weighted by atomic mass is 16.4. The number of carboxylic acid groups (broad SMARTS) is 1. The van der Waals surface area contributed by atoms with Gasteiger partial charge in [0.15, 0.2) is 0 Å². The van der Waals surface area contributed by atoms with Gasteiger partial charge in [0.25, 0.3) is 5.91 Å². The molecule has 1 amide bonds. The van der Waals surface area contributed by atoms with Crippen LogP contribution in [0.2, 0.25) is 0 Å². The van der Waals surface area contributed by atoms with Crippen molar-refractivity contribution in [2.75, 3.05) is 6.54 Å². The van der Waals surface area contributed by atoms with Crippen LogP contribution in [0.4, 0.5) is 0 Å². The van der Waals surface area contributed by atoms with Crippen molar-refractivity contribution in [3.8, 4) is 0 Å². The molecule has 0 bridgehead atoms. The van der Waals surface area contributed by atoms with Crippen LogP contribution in [0.1, 0.15) is 36.2 Å². The zero-order chi connectivity index (χ0) is 13.1. The molecule has 6 heteroatoms. The monoisotopic (exact) mass is 251 g/mol. The third-order valence-corrected chi connectivity index (χ3v) is 3.26. The van der Waals surface area contributed by atoms with Gasteiger partial charge in [-0.05, 0) is 12.8 Å². The van der Waals surface area contributed by atoms with Gasteiger partial charge < -0.3 is 14.6 Å². The maximum atomic E-state index is 12.3. The number of nitrogens with zero attached hydrogens (tertiary/aromatic N) is 3. The maximum Gasteiger partial charge on any atom is 0.323 e. The summed E-state index contributed by atoms with van der Waals surface area (Å²) >= 11 is 0. The van der Waals surface area contributed by atoms with Crippen molar-refractivity contribution in [1.29, 1.82) is 0 Å². The van der Waals surface area contributed by atoms with Crippen molar-refractivity contribution in [2.24, 2.45) is 7.05 Å². The summed E-state index contributed by atoms with van der Waals surface area (Å²) in [5.74, 6) is -1.27. The Hall–Kier alpha value is -1.85. The SMILES string of the molecule is Cn1cnc(C(=O)N(CC(=O)O)C2CCCC2)c1. The Balaban J connectivity index is 2.17. The standard InChI is InChI=1S/C12H17N3O3/c1-14-6-10(13-8-14)12(18)15(7-11(16)17)9-4-2-3-5-9/h6,8-9H,2-5,7H2,1H3,(H,16,17). The van der Waals surface area contributed by atoms with E-state index in [2.05, 4.69) is 4.98 Å². The molecule has 0 aliphatic heterocycles. The van der Waals surface area contributed by atoms with Crippen molar-refractivity contribution in [2.45, 2.75) is 31.7 Å². The fourth-order valence-corrected chi connectivity index (χ4v) is 2.40. The number of carbonyl (C=O) groups excluding carboxylic acids is 1. The average molecular weight is 251 g/mol. The molecular weight excluding hydrogens is 234 g/mol. The van der Waals surface area contributed by atoms with Gasteiger partial charge in [-0.2, -0.15) is 0 Å². The van der Waals surface area contributed by atoms with Gasteiger partial charge in [0, 0.05) is 19.3 Å². The van der Waals surface area contributed by atoms with Gasteiger partial charge in [-0.3, -0.25) is 9.59 Å². The van der Waals surface area contributed by atoms with E-state index in [1.807, 2.05) is 0 Å². The fourth-order valence-electron chi connectivity index (χ4n) is 2.40. The van der Waals surface area contributed by atoms with Gasteiger partial charge in [-0.15, -0.1) is 0 Å². The lowest BCUT2D eigenvalue weighted by molar-refractivity contribution is -0.138. The molecule has 1 aliphatic carbocycles. The highest BCUT2D eigenvalue weighted by Crippen LogP contribution is 2.24. The minimum Gasteiger partial charge on any atom is -0.480 e. The van der Waals surface area contributed by atoms with E-state index in [9.17, 15) is 9.59 Å². The first-order chi connectivity index (χ1) is 8.58. The summed E-state index contributed by atoms with van der Waals surface area (Å²) < 4.78 is 1.68. The van der Waals surface area contributed by atoms with E-state index in [1.165, 1.54) is 4.90 Å². The lowest BCUT2D eigenvalue weighted by atomic mass is 10.2. The number of imidazole rings is 1. The molecule has 1 aromatic heterocycles. The summed E-state index contributed by atoms with van der Waals surface area (Å²) in [4.78, 5) is 28.6. The Morgan fingerprint density at radius 2 is 2.17 bits per heavy atom. The number of carbonyl (C=O) groups is 2. The largest absolute Gasteiger partial charge is 0.480 e. The van der Waals surface area contributed by atoms with Gasteiger partial charge in [0.1, 0.15) is 12.2 Å². The minimum absolute atomic E-state index is 0.0376. The average Bonchev–Trinajstić information content (AvgIpc) is 2.95. The summed E-state index contributed by atoms with van der Waals surface area (Å²) in [6, 6.07) is 0.0376. The Bertz CT molecular complexity index is 449. The Kier molecular flexibility index (Phi) is 3.64. The second-order valence-corrected chi connectivity index (χ2v) is 4.69. The first kappa shape index (κ1) is 12.6. The van der Waals surface area contributed by atoms with Gasteiger partial charge in [-0.1, -0.05) is 12.8 Å². The van der Waals surface area contributed by atoms with Gasteiger partial charge in [-0.25, -0.2) is 4.98 Å². The number of carboxylic acids is 1. The fraction of sp³-hybridized carbons (Fsp3) is 0.583. The smallest absolute Gasteiger partial charge is 0.323 e. The van der Waals surface area contributed by atoms with E-state index >= 15 is 0 Å². The summed E-state index contributed by atoms with van der Waals surface area (Å²) in [6.45, 7) is -0.250. The molecule has 6 nitrogen and oxygen atoms in total. The van der Waals surface area contributed by atoms with Crippen LogP contribution in [0, 0.1) is 0 Å². The highest BCUT2D eigenvalue weighted by Gasteiger charge is 2.29. The molecule has 98 valence electrons. The molecule has 1 aliphatic rings. The van der Waals surface area contributed by atoms with E-state index in [0.717, 1.165) is 25.7 Å². The molecule has 1 saturated carbocycles. The van der Waals surface area contributed by atoms with Crippen LogP contribution in [-0.2, 0) is 11.8 Å². The second-order valence-electron chi connectivity index (χ2n) is 4.69. The number of aromatic nitrogens is 2. The molecule has 0 atom stereocenters. The van der Waals surface area contributed by atoms with Crippen molar-refractivity contribution in [1.82, 2.24) is 14.5 Å². The van der Waals surface area contributed by atoms with Crippen LogP contribution in [-0.4, -0.2) is 44.0 Å². The number of aliphatic carboxylic acids is 1. The van der Waals surface area contributed by atoms with E-state index in [0.29, 0.717) is 5.69 Å². The first-order valence-corrected chi connectivity index (χ1v) is 6.08. The van der Waals surface area contributed by atoms with Crippen LogP contribution in [0.3, 0.4) is 0 Å². The number of aryl methyl sites for hydroxylation is 1. The van der Waals surface area contributed by atoms with Gasteiger partial charge >= 0.3 is 5.97 Å². The van der Waals surface area contributed by atoms with E-state index in [1.54, 1.807) is 24.1 Å². The summed E-state index contributed by atoms with van der Waals surface area (Å²) in [6.07, 6.45) is 7.03.